The van der Waals surface area contributed by atoms with Crippen LogP contribution in [0.3, 0.4) is 0 Å². The summed E-state index contributed by atoms with van der Waals surface area (Å²) in [6, 6.07) is 10.8. The van der Waals surface area contributed by atoms with Crippen LogP contribution in [-0.2, 0) is 0 Å². The van der Waals surface area contributed by atoms with Crippen molar-refractivity contribution < 1.29 is 13.6 Å². The molecule has 1 aromatic heterocycles. The summed E-state index contributed by atoms with van der Waals surface area (Å²) in [4.78, 5) is 16.9. The van der Waals surface area contributed by atoms with Crippen molar-refractivity contribution in [3.63, 3.8) is 0 Å². The van der Waals surface area contributed by atoms with E-state index in [9.17, 15) is 13.6 Å². The molecule has 0 amide bonds. The molecule has 124 valence electrons. The quantitative estimate of drug-likeness (QED) is 0.703. The third kappa shape index (κ3) is 2.38. The molecule has 0 saturated heterocycles. The fraction of sp³-hybridized carbons (Fsp3) is 0.105. The Kier molecular flexibility index (Phi) is 3.35. The van der Waals surface area contributed by atoms with Gasteiger partial charge < -0.3 is 0 Å². The van der Waals surface area contributed by atoms with E-state index in [4.69, 9.17) is 0 Å². The van der Waals surface area contributed by atoms with Crippen molar-refractivity contribution >= 4 is 17.4 Å². The minimum atomic E-state index is -0.827. The summed E-state index contributed by atoms with van der Waals surface area (Å²) < 4.78 is 28.3. The van der Waals surface area contributed by atoms with Crippen LogP contribution < -0.4 is 0 Å². The minimum Gasteiger partial charge on any atom is -0.265 e. The number of aliphatic imine (C=N–C) groups is 1. The normalized spacial score (nSPS) is 13.1. The lowest BCUT2D eigenvalue weighted by Gasteiger charge is -2.02. The second kappa shape index (κ2) is 5.44. The second-order valence-corrected chi connectivity index (χ2v) is 5.95. The second-order valence-electron chi connectivity index (χ2n) is 5.95. The molecule has 1 aliphatic heterocycles. The number of rotatable bonds is 2. The molecule has 0 saturated carbocycles. The van der Waals surface area contributed by atoms with Crippen LogP contribution in [0.2, 0.25) is 0 Å². The predicted molar refractivity (Wildman–Crippen MR) is 90.3 cm³/mol. The standard InChI is InChI=1S/C19H13F2N3O/c1-10-3-5-12(6-4-10)16-11(2)23-24-18(16)22-17(19(24)25)14-8-7-13(20)9-15(14)21/h3-9H,1-2H3. The van der Waals surface area contributed by atoms with Crippen LogP contribution in [0.25, 0.3) is 11.1 Å². The molecule has 0 spiro atoms. The van der Waals surface area contributed by atoms with Gasteiger partial charge in [0, 0.05) is 17.2 Å². The first-order chi connectivity index (χ1) is 12.0. The average Bonchev–Trinajstić information content (AvgIpc) is 3.05. The Morgan fingerprint density at radius 2 is 1.72 bits per heavy atom. The lowest BCUT2D eigenvalue weighted by molar-refractivity contribution is 0.0984. The molecule has 0 bridgehead atoms. The molecule has 2 heterocycles. The molecule has 4 nitrogen and oxygen atoms in total. The van der Waals surface area contributed by atoms with Crippen molar-refractivity contribution in [2.45, 2.75) is 13.8 Å². The topological polar surface area (TPSA) is 47.2 Å². The number of benzene rings is 2. The number of carbonyl (C=O) groups is 1. The van der Waals surface area contributed by atoms with Crippen molar-refractivity contribution in [2.75, 3.05) is 0 Å². The van der Waals surface area contributed by atoms with E-state index in [1.807, 2.05) is 31.2 Å². The Morgan fingerprint density at radius 1 is 1.00 bits per heavy atom. The van der Waals surface area contributed by atoms with Gasteiger partial charge in [0.15, 0.2) is 5.82 Å². The molecule has 4 rings (SSSR count). The van der Waals surface area contributed by atoms with Gasteiger partial charge in [0.05, 0.1) is 5.69 Å². The van der Waals surface area contributed by atoms with Crippen LogP contribution in [0.5, 0.6) is 0 Å². The molecule has 0 radical (unpaired) electrons. The molecule has 25 heavy (non-hydrogen) atoms. The van der Waals surface area contributed by atoms with Gasteiger partial charge in [-0.25, -0.2) is 13.8 Å². The Bertz CT molecular complexity index is 1050. The predicted octanol–water partition coefficient (Wildman–Crippen LogP) is 4.22. The first-order valence-corrected chi connectivity index (χ1v) is 7.71. The fourth-order valence-electron chi connectivity index (χ4n) is 2.93. The number of hydrogen-bond acceptors (Lipinski definition) is 3. The summed E-state index contributed by atoms with van der Waals surface area (Å²) in [7, 11) is 0. The van der Waals surface area contributed by atoms with E-state index in [-0.39, 0.29) is 11.3 Å². The zero-order valence-corrected chi connectivity index (χ0v) is 13.5. The Morgan fingerprint density at radius 3 is 2.40 bits per heavy atom. The smallest absolute Gasteiger partial charge is 0.265 e. The van der Waals surface area contributed by atoms with E-state index in [0.29, 0.717) is 11.5 Å². The third-order valence-corrected chi connectivity index (χ3v) is 4.18. The number of nitrogens with zero attached hydrogens (tertiary/aromatic N) is 3. The summed E-state index contributed by atoms with van der Waals surface area (Å²) in [5.41, 5.74) is 3.26. The van der Waals surface area contributed by atoms with Gasteiger partial charge in [-0.3, -0.25) is 4.79 Å². The highest BCUT2D eigenvalue weighted by atomic mass is 19.1. The van der Waals surface area contributed by atoms with E-state index < -0.39 is 17.5 Å². The minimum absolute atomic E-state index is 0.0376. The maximum absolute atomic E-state index is 14.0. The van der Waals surface area contributed by atoms with E-state index >= 15 is 0 Å². The van der Waals surface area contributed by atoms with Crippen molar-refractivity contribution in [2.24, 2.45) is 4.99 Å². The molecular weight excluding hydrogens is 324 g/mol. The molecule has 0 N–H and O–H groups in total. The lowest BCUT2D eigenvalue weighted by atomic mass is 10.0. The highest BCUT2D eigenvalue weighted by molar-refractivity contribution is 6.48. The third-order valence-electron chi connectivity index (χ3n) is 4.18. The molecule has 0 unspecified atom stereocenters. The number of halogens is 2. The van der Waals surface area contributed by atoms with Gasteiger partial charge in [0.2, 0.25) is 0 Å². The van der Waals surface area contributed by atoms with E-state index in [2.05, 4.69) is 10.1 Å². The van der Waals surface area contributed by atoms with Crippen molar-refractivity contribution in [1.29, 1.82) is 0 Å². The van der Waals surface area contributed by atoms with Crippen molar-refractivity contribution in [3.8, 4) is 11.1 Å². The maximum atomic E-state index is 14.0. The number of aryl methyl sites for hydroxylation is 2. The summed E-state index contributed by atoms with van der Waals surface area (Å²) in [5, 5.41) is 4.25. The van der Waals surface area contributed by atoms with E-state index in [1.165, 1.54) is 10.7 Å². The molecule has 0 fully saturated rings. The van der Waals surface area contributed by atoms with E-state index in [0.717, 1.165) is 28.8 Å². The Balaban J connectivity index is 1.88. The Labute approximate surface area is 142 Å². The van der Waals surface area contributed by atoms with Crippen LogP contribution in [-0.4, -0.2) is 21.4 Å². The number of fused-ring (bicyclic) bond motifs is 1. The first-order valence-electron chi connectivity index (χ1n) is 7.71. The summed E-state index contributed by atoms with van der Waals surface area (Å²) >= 11 is 0. The van der Waals surface area contributed by atoms with Gasteiger partial charge >= 0.3 is 0 Å². The number of carbonyl (C=O) groups excluding carboxylic acids is 1. The van der Waals surface area contributed by atoms with Gasteiger partial charge in [-0.2, -0.15) is 9.78 Å². The zero-order valence-electron chi connectivity index (χ0n) is 13.5. The molecule has 0 atom stereocenters. The monoisotopic (exact) mass is 337 g/mol. The molecule has 3 aromatic rings. The van der Waals surface area contributed by atoms with Crippen molar-refractivity contribution in [1.82, 2.24) is 9.78 Å². The largest absolute Gasteiger partial charge is 0.299 e. The molecule has 0 aliphatic carbocycles. The van der Waals surface area contributed by atoms with Crippen LogP contribution in [0.1, 0.15) is 21.6 Å². The van der Waals surface area contributed by atoms with Gasteiger partial charge in [0.25, 0.3) is 5.91 Å². The van der Waals surface area contributed by atoms with Crippen molar-refractivity contribution in [3.05, 3.63) is 70.9 Å². The highest BCUT2D eigenvalue weighted by Gasteiger charge is 2.32. The van der Waals surface area contributed by atoms with Gasteiger partial charge in [-0.05, 0) is 31.5 Å². The van der Waals surface area contributed by atoms with Crippen LogP contribution in [0.15, 0.2) is 47.5 Å². The molecule has 6 heteroatoms. The molecular formula is C19H13F2N3O. The van der Waals surface area contributed by atoms with Crippen LogP contribution >= 0.6 is 0 Å². The number of hydrogen-bond donors (Lipinski definition) is 0. The van der Waals surface area contributed by atoms with Gasteiger partial charge in [-0.15, -0.1) is 0 Å². The summed E-state index contributed by atoms with van der Waals surface area (Å²) in [6.45, 7) is 3.78. The van der Waals surface area contributed by atoms with E-state index in [1.54, 1.807) is 6.92 Å². The zero-order chi connectivity index (χ0) is 17.7. The number of aromatic nitrogens is 2. The fourth-order valence-corrected chi connectivity index (χ4v) is 2.93. The van der Waals surface area contributed by atoms with Crippen LogP contribution in [0.4, 0.5) is 14.6 Å². The summed E-state index contributed by atoms with van der Waals surface area (Å²) in [5.74, 6) is -1.69. The maximum Gasteiger partial charge on any atom is 0.299 e. The molecule has 2 aromatic carbocycles. The summed E-state index contributed by atoms with van der Waals surface area (Å²) in [6.07, 6.45) is 0. The van der Waals surface area contributed by atoms with Gasteiger partial charge in [0.1, 0.15) is 17.3 Å². The SMILES string of the molecule is Cc1ccc(-c2c(C)nn3c2N=C(c2ccc(F)cc2F)C3=O)cc1. The molecule has 1 aliphatic rings. The lowest BCUT2D eigenvalue weighted by Crippen LogP contribution is -2.19. The van der Waals surface area contributed by atoms with Gasteiger partial charge in [-0.1, -0.05) is 29.8 Å². The van der Waals surface area contributed by atoms with Crippen LogP contribution in [0, 0.1) is 25.5 Å². The average molecular weight is 337 g/mol. The highest BCUT2D eigenvalue weighted by Crippen LogP contribution is 2.37. The Hall–Kier alpha value is -3.15. The first kappa shape index (κ1) is 15.4.